The molecular weight excluding hydrogens is 270 g/mol. The number of ether oxygens (including phenoxy) is 1. The van der Waals surface area contributed by atoms with Crippen LogP contribution in [-0.2, 0) is 4.79 Å². The minimum absolute atomic E-state index is 0.262. The Morgan fingerprint density at radius 1 is 1.40 bits per heavy atom. The number of piperidine rings is 1. The molecule has 0 spiro atoms. The van der Waals surface area contributed by atoms with Crippen molar-refractivity contribution in [2.45, 2.75) is 19.8 Å². The van der Waals surface area contributed by atoms with Crippen molar-refractivity contribution in [2.75, 3.05) is 31.7 Å². The topological polar surface area (TPSA) is 29.5 Å². The molecule has 1 saturated heterocycles. The number of carbonyl (C=O) groups is 1. The summed E-state index contributed by atoms with van der Waals surface area (Å²) in [4.78, 5) is 13.9. The Hall–Kier alpha value is -1.16. The van der Waals surface area contributed by atoms with Crippen LogP contribution in [0.5, 0.6) is 5.75 Å². The van der Waals surface area contributed by atoms with Crippen LogP contribution in [0.3, 0.4) is 0 Å². The molecule has 0 aliphatic carbocycles. The molecule has 0 N–H and O–H groups in total. The third-order valence-electron chi connectivity index (χ3n) is 3.65. The Labute approximate surface area is 125 Å². The van der Waals surface area contributed by atoms with Crippen molar-refractivity contribution in [3.05, 3.63) is 29.8 Å². The van der Waals surface area contributed by atoms with Gasteiger partial charge in [-0.3, -0.25) is 4.79 Å². The first kappa shape index (κ1) is 15.2. The minimum Gasteiger partial charge on any atom is -0.493 e. The van der Waals surface area contributed by atoms with Crippen molar-refractivity contribution in [3.8, 4) is 5.75 Å². The highest BCUT2D eigenvalue weighted by atomic mass is 32.2. The van der Waals surface area contributed by atoms with Crippen LogP contribution in [0.4, 0.5) is 0 Å². The predicted molar refractivity (Wildman–Crippen MR) is 84.4 cm³/mol. The normalized spacial score (nSPS) is 18.9. The monoisotopic (exact) mass is 293 g/mol. The van der Waals surface area contributed by atoms with Gasteiger partial charge in [0.05, 0.1) is 12.4 Å². The summed E-state index contributed by atoms with van der Waals surface area (Å²) in [6.07, 6.45) is 4.21. The first-order valence-corrected chi connectivity index (χ1v) is 8.54. The lowest BCUT2D eigenvalue weighted by Gasteiger charge is -2.32. The summed E-state index contributed by atoms with van der Waals surface area (Å²) in [5, 5.41) is 0. The van der Waals surface area contributed by atoms with E-state index in [2.05, 4.69) is 19.1 Å². The molecule has 0 saturated carbocycles. The third-order valence-corrected chi connectivity index (χ3v) is 4.18. The standard InChI is InChI=1S/C16H23NO2S/c1-13-5-7-15(8-6-13)19-11-14-4-3-9-17(10-14)16(18)12-20-2/h5-8,14H,3-4,9-12H2,1-2H3/t14-/m1/s1. The lowest BCUT2D eigenvalue weighted by molar-refractivity contribution is -0.130. The van der Waals surface area contributed by atoms with E-state index in [1.165, 1.54) is 5.56 Å². The Balaban J connectivity index is 1.80. The first-order chi connectivity index (χ1) is 9.69. The van der Waals surface area contributed by atoms with Gasteiger partial charge in [-0.15, -0.1) is 0 Å². The van der Waals surface area contributed by atoms with Gasteiger partial charge in [-0.25, -0.2) is 0 Å². The molecule has 0 radical (unpaired) electrons. The molecular formula is C16H23NO2S. The molecule has 4 heteroatoms. The Morgan fingerprint density at radius 2 is 2.15 bits per heavy atom. The van der Waals surface area contributed by atoms with E-state index in [1.54, 1.807) is 11.8 Å². The van der Waals surface area contributed by atoms with Gasteiger partial charge in [-0.1, -0.05) is 17.7 Å². The fourth-order valence-electron chi connectivity index (χ4n) is 2.49. The maximum absolute atomic E-state index is 11.9. The number of rotatable bonds is 5. The highest BCUT2D eigenvalue weighted by Gasteiger charge is 2.23. The van der Waals surface area contributed by atoms with Gasteiger partial charge >= 0.3 is 0 Å². The second-order valence-corrected chi connectivity index (χ2v) is 6.27. The van der Waals surface area contributed by atoms with E-state index >= 15 is 0 Å². The number of aryl methyl sites for hydroxylation is 1. The van der Waals surface area contributed by atoms with E-state index in [1.807, 2.05) is 23.3 Å². The van der Waals surface area contributed by atoms with Crippen LogP contribution >= 0.6 is 11.8 Å². The fraction of sp³-hybridized carbons (Fsp3) is 0.562. The largest absolute Gasteiger partial charge is 0.493 e. The Morgan fingerprint density at radius 3 is 2.85 bits per heavy atom. The molecule has 1 heterocycles. The Kier molecular flexibility index (Phi) is 5.77. The number of amides is 1. The van der Waals surface area contributed by atoms with Gasteiger partial charge in [-0.2, -0.15) is 11.8 Å². The molecule has 0 aromatic heterocycles. The molecule has 1 aromatic rings. The van der Waals surface area contributed by atoms with Crippen LogP contribution in [0.1, 0.15) is 18.4 Å². The summed E-state index contributed by atoms with van der Waals surface area (Å²) >= 11 is 1.59. The van der Waals surface area contributed by atoms with Gasteiger partial charge in [0, 0.05) is 19.0 Å². The molecule has 1 aromatic carbocycles. The van der Waals surface area contributed by atoms with Crippen LogP contribution in [0.25, 0.3) is 0 Å². The maximum atomic E-state index is 11.9. The summed E-state index contributed by atoms with van der Waals surface area (Å²) < 4.78 is 5.85. The number of benzene rings is 1. The zero-order valence-corrected chi connectivity index (χ0v) is 13.1. The molecule has 1 aliphatic rings. The number of likely N-dealkylation sites (tertiary alicyclic amines) is 1. The SMILES string of the molecule is CSCC(=O)N1CCC[C@@H](COc2ccc(C)cc2)C1. The quantitative estimate of drug-likeness (QED) is 0.836. The lowest BCUT2D eigenvalue weighted by atomic mass is 9.99. The number of nitrogens with zero attached hydrogens (tertiary/aromatic N) is 1. The molecule has 20 heavy (non-hydrogen) atoms. The van der Waals surface area contributed by atoms with E-state index in [9.17, 15) is 4.79 Å². The van der Waals surface area contributed by atoms with Crippen molar-refractivity contribution in [2.24, 2.45) is 5.92 Å². The number of hydrogen-bond acceptors (Lipinski definition) is 3. The summed E-state index contributed by atoms with van der Waals surface area (Å²) in [6.45, 7) is 4.51. The van der Waals surface area contributed by atoms with Crippen LogP contribution in [-0.4, -0.2) is 42.5 Å². The van der Waals surface area contributed by atoms with Crippen LogP contribution < -0.4 is 4.74 Å². The van der Waals surface area contributed by atoms with Gasteiger partial charge in [-0.05, 0) is 38.2 Å². The zero-order chi connectivity index (χ0) is 14.4. The summed E-state index contributed by atoms with van der Waals surface area (Å²) in [5.41, 5.74) is 1.24. The van der Waals surface area contributed by atoms with Crippen LogP contribution in [0.2, 0.25) is 0 Å². The molecule has 110 valence electrons. The van der Waals surface area contributed by atoms with Crippen LogP contribution in [0, 0.1) is 12.8 Å². The highest BCUT2D eigenvalue weighted by molar-refractivity contribution is 7.99. The molecule has 1 fully saturated rings. The van der Waals surface area contributed by atoms with Crippen molar-refractivity contribution < 1.29 is 9.53 Å². The van der Waals surface area contributed by atoms with Gasteiger partial charge in [0.15, 0.2) is 0 Å². The average molecular weight is 293 g/mol. The van der Waals surface area contributed by atoms with Crippen molar-refractivity contribution in [3.63, 3.8) is 0 Å². The van der Waals surface area contributed by atoms with Crippen molar-refractivity contribution >= 4 is 17.7 Å². The van der Waals surface area contributed by atoms with Crippen LogP contribution in [0.15, 0.2) is 24.3 Å². The van der Waals surface area contributed by atoms with E-state index in [0.29, 0.717) is 18.3 Å². The van der Waals surface area contributed by atoms with E-state index in [0.717, 1.165) is 31.7 Å². The maximum Gasteiger partial charge on any atom is 0.232 e. The van der Waals surface area contributed by atoms with E-state index < -0.39 is 0 Å². The molecule has 3 nitrogen and oxygen atoms in total. The Bertz CT molecular complexity index is 433. The van der Waals surface area contributed by atoms with Gasteiger partial charge in [0.1, 0.15) is 5.75 Å². The van der Waals surface area contributed by atoms with Crippen molar-refractivity contribution in [1.29, 1.82) is 0 Å². The molecule has 1 amide bonds. The average Bonchev–Trinajstić information content (AvgIpc) is 2.47. The van der Waals surface area contributed by atoms with Gasteiger partial charge in [0.25, 0.3) is 0 Å². The van der Waals surface area contributed by atoms with E-state index in [4.69, 9.17) is 4.74 Å². The second kappa shape index (κ2) is 7.58. The fourth-order valence-corrected chi connectivity index (χ4v) is 2.92. The molecule has 2 rings (SSSR count). The second-order valence-electron chi connectivity index (χ2n) is 5.41. The first-order valence-electron chi connectivity index (χ1n) is 7.15. The summed E-state index contributed by atoms with van der Waals surface area (Å²) in [6, 6.07) is 8.14. The smallest absolute Gasteiger partial charge is 0.232 e. The predicted octanol–water partition coefficient (Wildman–Crippen LogP) is 2.98. The number of carbonyl (C=O) groups excluding carboxylic acids is 1. The molecule has 1 atom stereocenters. The van der Waals surface area contributed by atoms with E-state index in [-0.39, 0.29) is 5.91 Å². The zero-order valence-electron chi connectivity index (χ0n) is 12.3. The molecule has 0 unspecified atom stereocenters. The summed E-state index contributed by atoms with van der Waals surface area (Å²) in [7, 11) is 0. The van der Waals surface area contributed by atoms with Gasteiger partial charge < -0.3 is 9.64 Å². The third kappa shape index (κ3) is 4.44. The summed E-state index contributed by atoms with van der Waals surface area (Å²) in [5.74, 6) is 2.22. The van der Waals surface area contributed by atoms with Gasteiger partial charge in [0.2, 0.25) is 5.91 Å². The number of hydrogen-bond donors (Lipinski definition) is 0. The van der Waals surface area contributed by atoms with Crippen molar-refractivity contribution in [1.82, 2.24) is 4.90 Å². The number of thioether (sulfide) groups is 1. The minimum atomic E-state index is 0.262. The molecule has 0 bridgehead atoms. The highest BCUT2D eigenvalue weighted by Crippen LogP contribution is 2.19. The lowest BCUT2D eigenvalue weighted by Crippen LogP contribution is -2.42. The molecule has 1 aliphatic heterocycles.